The molecule has 1 aromatic carbocycles. The number of carbonyl (C=O) groups excluding carboxylic acids is 1. The molecule has 0 spiro atoms. The van der Waals surface area contributed by atoms with Gasteiger partial charge in [0.05, 0.1) is 25.2 Å². The van der Waals surface area contributed by atoms with Crippen LogP contribution in [0.25, 0.3) is 0 Å². The molecule has 1 heterocycles. The molecular weight excluding hydrogens is 474 g/mol. The zero-order valence-electron chi connectivity index (χ0n) is 20.1. The number of carbonyl (C=O) groups is 1. The number of esters is 1. The quantitative estimate of drug-likeness (QED) is 0.319. The molecular formula is C25H35NO8S. The van der Waals surface area contributed by atoms with Crippen LogP contribution < -0.4 is 4.74 Å². The van der Waals surface area contributed by atoms with E-state index in [1.807, 2.05) is 6.08 Å². The van der Waals surface area contributed by atoms with E-state index >= 15 is 0 Å². The maximum atomic E-state index is 13.1. The minimum atomic E-state index is -3.85. The highest BCUT2D eigenvalue weighted by molar-refractivity contribution is 7.89. The highest BCUT2D eigenvalue weighted by atomic mass is 32.2. The van der Waals surface area contributed by atoms with Gasteiger partial charge in [-0.1, -0.05) is 25.5 Å². The maximum absolute atomic E-state index is 13.1. The summed E-state index contributed by atoms with van der Waals surface area (Å²) in [5.41, 5.74) is 0. The molecule has 194 valence electrons. The predicted octanol–water partition coefficient (Wildman–Crippen LogP) is 2.86. The molecule has 2 aliphatic rings. The summed E-state index contributed by atoms with van der Waals surface area (Å²) >= 11 is 0. The molecule has 35 heavy (non-hydrogen) atoms. The number of aliphatic hydroxyl groups is 1. The summed E-state index contributed by atoms with van der Waals surface area (Å²) in [6.07, 6.45) is 7.72. The van der Waals surface area contributed by atoms with Gasteiger partial charge in [0, 0.05) is 19.5 Å². The average Bonchev–Trinajstić information content (AvgIpc) is 3.42. The van der Waals surface area contributed by atoms with Gasteiger partial charge in [-0.05, 0) is 55.0 Å². The van der Waals surface area contributed by atoms with Crippen molar-refractivity contribution in [2.45, 2.75) is 43.3 Å². The Morgan fingerprint density at radius 3 is 2.57 bits per heavy atom. The number of benzene rings is 1. The number of ether oxygens (including phenoxy) is 4. The molecule has 10 heteroatoms. The van der Waals surface area contributed by atoms with Crippen molar-refractivity contribution in [1.82, 2.24) is 4.31 Å². The van der Waals surface area contributed by atoms with E-state index in [9.17, 15) is 18.3 Å². The second-order valence-electron chi connectivity index (χ2n) is 8.58. The van der Waals surface area contributed by atoms with Gasteiger partial charge in [-0.2, -0.15) is 4.31 Å². The first-order valence-electron chi connectivity index (χ1n) is 11.9. The van der Waals surface area contributed by atoms with E-state index in [-0.39, 0.29) is 49.5 Å². The third kappa shape index (κ3) is 7.30. The fourth-order valence-electron chi connectivity index (χ4n) is 4.50. The minimum absolute atomic E-state index is 0.0167. The van der Waals surface area contributed by atoms with Crippen LogP contribution >= 0.6 is 0 Å². The molecule has 0 unspecified atom stereocenters. The normalized spacial score (nSPS) is 20.8. The van der Waals surface area contributed by atoms with Crippen molar-refractivity contribution in [3.8, 4) is 5.75 Å². The summed E-state index contributed by atoms with van der Waals surface area (Å²) in [7, 11) is -2.34. The second kappa shape index (κ2) is 13.1. The Bertz CT molecular complexity index is 970. The van der Waals surface area contributed by atoms with E-state index in [4.69, 9.17) is 18.9 Å². The lowest BCUT2D eigenvalue weighted by atomic mass is 9.86. The van der Waals surface area contributed by atoms with Crippen molar-refractivity contribution in [2.24, 2.45) is 11.8 Å². The number of allylic oxidation sites excluding steroid dienone is 1. The molecule has 1 aliphatic heterocycles. The van der Waals surface area contributed by atoms with Crippen LogP contribution in [-0.2, 0) is 29.0 Å². The van der Waals surface area contributed by atoms with E-state index in [2.05, 4.69) is 6.58 Å². The maximum Gasteiger partial charge on any atom is 0.373 e. The molecule has 1 aromatic rings. The number of sulfonamides is 1. The van der Waals surface area contributed by atoms with E-state index in [0.717, 1.165) is 25.7 Å². The summed E-state index contributed by atoms with van der Waals surface area (Å²) < 4.78 is 49.2. The van der Waals surface area contributed by atoms with Crippen LogP contribution in [-0.4, -0.2) is 70.1 Å². The van der Waals surface area contributed by atoms with Crippen LogP contribution in [0.3, 0.4) is 0 Å². The zero-order chi connectivity index (χ0) is 25.3. The van der Waals surface area contributed by atoms with E-state index in [0.29, 0.717) is 18.1 Å². The third-order valence-electron chi connectivity index (χ3n) is 6.32. The topological polar surface area (TPSA) is 112 Å². The van der Waals surface area contributed by atoms with Crippen LogP contribution in [0, 0.1) is 11.8 Å². The Kier molecular flexibility index (Phi) is 10.1. The fourth-order valence-corrected chi connectivity index (χ4v) is 5.91. The van der Waals surface area contributed by atoms with Crippen molar-refractivity contribution in [3.05, 3.63) is 48.8 Å². The molecule has 1 N–H and O–H groups in total. The van der Waals surface area contributed by atoms with E-state index in [1.165, 1.54) is 29.6 Å². The zero-order valence-corrected chi connectivity index (χ0v) is 21.0. The largest absolute Gasteiger partial charge is 0.497 e. The highest BCUT2D eigenvalue weighted by Crippen LogP contribution is 2.38. The summed E-state index contributed by atoms with van der Waals surface area (Å²) in [6, 6.07) is 6.06. The predicted molar refractivity (Wildman–Crippen MR) is 129 cm³/mol. The molecule has 0 saturated heterocycles. The molecule has 0 amide bonds. The minimum Gasteiger partial charge on any atom is -0.497 e. The van der Waals surface area contributed by atoms with Gasteiger partial charge in [0.15, 0.2) is 0 Å². The number of nitrogens with zero attached hydrogens (tertiary/aromatic N) is 1. The van der Waals surface area contributed by atoms with Crippen molar-refractivity contribution in [3.63, 3.8) is 0 Å². The number of hydrogen-bond acceptors (Lipinski definition) is 8. The average molecular weight is 510 g/mol. The Morgan fingerprint density at radius 1 is 1.23 bits per heavy atom. The van der Waals surface area contributed by atoms with Crippen LogP contribution in [0.2, 0.25) is 0 Å². The molecule has 2 atom stereocenters. The Labute approximate surface area is 207 Å². The fraction of sp³-hybridized carbons (Fsp3) is 0.560. The van der Waals surface area contributed by atoms with Gasteiger partial charge >= 0.3 is 5.97 Å². The summed E-state index contributed by atoms with van der Waals surface area (Å²) in [5, 5.41) is 9.44. The molecule has 3 rings (SSSR count). The van der Waals surface area contributed by atoms with Gasteiger partial charge < -0.3 is 24.1 Å². The standard InChI is InChI=1S/C25H35NO8S/c1-3-15-33-25(28)23-17-20(19-6-4-5-7-19)18-24(34-23)32-16-13-26(12-14-27)35(29,30)22-10-8-21(31-2)9-11-22/h3,8-11,17,19-20,24,27H,1,4-7,12-16,18H2,2H3/t20-,24+/m1/s1. The first-order valence-corrected chi connectivity index (χ1v) is 13.4. The van der Waals surface area contributed by atoms with E-state index < -0.39 is 22.3 Å². The SMILES string of the molecule is C=CCOC(=O)C1=C[C@@H](C2CCCC2)C[C@@H](OCCN(CCO)S(=O)(=O)c2ccc(OC)cc2)O1. The number of rotatable bonds is 13. The molecule has 1 fully saturated rings. The van der Waals surface area contributed by atoms with Crippen LogP contribution in [0.15, 0.2) is 53.7 Å². The first-order chi connectivity index (χ1) is 16.9. The van der Waals surface area contributed by atoms with Gasteiger partial charge in [-0.15, -0.1) is 0 Å². The van der Waals surface area contributed by atoms with Gasteiger partial charge in [-0.3, -0.25) is 0 Å². The van der Waals surface area contributed by atoms with Crippen molar-refractivity contribution < 1.29 is 37.3 Å². The van der Waals surface area contributed by atoms with Crippen LogP contribution in [0.5, 0.6) is 5.75 Å². The second-order valence-corrected chi connectivity index (χ2v) is 10.5. The summed E-state index contributed by atoms with van der Waals surface area (Å²) in [6.45, 7) is 3.28. The number of hydrogen-bond donors (Lipinski definition) is 1. The van der Waals surface area contributed by atoms with Gasteiger partial charge in [0.1, 0.15) is 12.4 Å². The highest BCUT2D eigenvalue weighted by Gasteiger charge is 2.34. The van der Waals surface area contributed by atoms with Crippen LogP contribution in [0.4, 0.5) is 0 Å². The molecule has 0 aromatic heterocycles. The Hall–Kier alpha value is -2.40. The first kappa shape index (κ1) is 27.2. The number of aliphatic hydroxyl groups excluding tert-OH is 1. The smallest absolute Gasteiger partial charge is 0.373 e. The van der Waals surface area contributed by atoms with Gasteiger partial charge in [-0.25, -0.2) is 13.2 Å². The van der Waals surface area contributed by atoms with Crippen LogP contribution in [0.1, 0.15) is 32.1 Å². The van der Waals surface area contributed by atoms with Crippen molar-refractivity contribution in [1.29, 1.82) is 0 Å². The Morgan fingerprint density at radius 2 is 1.94 bits per heavy atom. The number of methoxy groups -OCH3 is 1. The lowest BCUT2D eigenvalue weighted by Crippen LogP contribution is -2.38. The summed E-state index contributed by atoms with van der Waals surface area (Å²) in [4.78, 5) is 12.5. The van der Waals surface area contributed by atoms with Crippen molar-refractivity contribution >= 4 is 16.0 Å². The van der Waals surface area contributed by atoms with Gasteiger partial charge in [0.25, 0.3) is 0 Å². The lowest BCUT2D eigenvalue weighted by molar-refractivity contribution is -0.164. The van der Waals surface area contributed by atoms with E-state index in [1.54, 1.807) is 12.1 Å². The third-order valence-corrected chi connectivity index (χ3v) is 8.23. The molecule has 1 saturated carbocycles. The summed E-state index contributed by atoms with van der Waals surface area (Å²) in [5.74, 6) is 0.679. The Balaban J connectivity index is 1.64. The van der Waals surface area contributed by atoms with Crippen molar-refractivity contribution in [2.75, 3.05) is 40.0 Å². The lowest BCUT2D eigenvalue weighted by Gasteiger charge is -2.32. The molecule has 1 aliphatic carbocycles. The van der Waals surface area contributed by atoms with Gasteiger partial charge in [0.2, 0.25) is 22.1 Å². The molecule has 0 radical (unpaired) electrons. The molecule has 9 nitrogen and oxygen atoms in total. The monoisotopic (exact) mass is 509 g/mol. The molecule has 0 bridgehead atoms.